The van der Waals surface area contributed by atoms with E-state index in [2.05, 4.69) is 9.24 Å². The summed E-state index contributed by atoms with van der Waals surface area (Å²) in [5.74, 6) is 0. The molecule has 0 radical (unpaired) electrons. The Morgan fingerprint density at radius 3 is 2.84 bits per heavy atom. The zero-order chi connectivity index (χ0) is 14.0. The van der Waals surface area contributed by atoms with Crippen molar-refractivity contribution in [2.75, 3.05) is 0 Å². The average Bonchev–Trinajstić information content (AvgIpc) is 2.37. The van der Waals surface area contributed by atoms with E-state index in [0.717, 1.165) is 16.4 Å². The maximum absolute atomic E-state index is 10.9. The maximum Gasteiger partial charge on any atom is 0.153 e. The zero-order valence-corrected chi connectivity index (χ0v) is 12.4. The number of aryl methyl sites for hydroxylation is 1. The number of hydrogen-bond donors (Lipinski definition) is 1. The second-order valence-corrected chi connectivity index (χ2v) is 5.50. The summed E-state index contributed by atoms with van der Waals surface area (Å²) in [6.45, 7) is 2.54. The van der Waals surface area contributed by atoms with E-state index in [1.807, 2.05) is 25.1 Å². The third-order valence-electron chi connectivity index (χ3n) is 2.97. The molecule has 5 heteroatoms. The Hall–Kier alpha value is -1.44. The van der Waals surface area contributed by atoms with E-state index in [0.29, 0.717) is 23.4 Å². The Bertz CT molecular complexity index is 694. The molecule has 0 spiro atoms. The molecule has 0 aliphatic carbocycles. The molecule has 1 N–H and O–H groups in total. The summed E-state index contributed by atoms with van der Waals surface area (Å²) < 4.78 is 1.68. The first kappa shape index (κ1) is 14.0. The van der Waals surface area contributed by atoms with Crippen LogP contribution in [-0.2, 0) is 6.54 Å². The first-order chi connectivity index (χ1) is 9.01. The second-order valence-electron chi connectivity index (χ2n) is 4.39. The van der Waals surface area contributed by atoms with Crippen molar-refractivity contribution in [2.24, 2.45) is 0 Å². The number of rotatable bonds is 3. The number of pyridine rings is 1. The monoisotopic (exact) mass is 292 g/mol. The molecule has 19 heavy (non-hydrogen) atoms. The first-order valence-electron chi connectivity index (χ1n) is 5.76. The number of nitrogens with one attached hydrogen (secondary N) is 1. The number of carbonyl (C=O) groups excluding carboxylic acids is 1. The number of benzene rings is 1. The lowest BCUT2D eigenvalue weighted by molar-refractivity contribution is 0.112. The van der Waals surface area contributed by atoms with Crippen LogP contribution in [-0.4, -0.2) is 10.9 Å². The van der Waals surface area contributed by atoms with Crippen LogP contribution in [0.1, 0.15) is 21.5 Å². The molecule has 1 aromatic carbocycles. The molecule has 0 saturated carbocycles. The Morgan fingerprint density at radius 1 is 1.42 bits per heavy atom. The van der Waals surface area contributed by atoms with E-state index in [1.165, 1.54) is 6.07 Å². The van der Waals surface area contributed by atoms with Gasteiger partial charge in [0, 0.05) is 12.7 Å². The van der Waals surface area contributed by atoms with Gasteiger partial charge in [0.1, 0.15) is 5.49 Å². The molecule has 0 bridgehead atoms. The highest BCUT2D eigenvalue weighted by Crippen LogP contribution is 2.11. The molecule has 2 aromatic rings. The minimum absolute atomic E-state index is 0.174. The van der Waals surface area contributed by atoms with Gasteiger partial charge < -0.3 is 4.57 Å². The van der Waals surface area contributed by atoms with E-state index in [1.54, 1.807) is 10.8 Å². The number of halogens is 1. The van der Waals surface area contributed by atoms with Gasteiger partial charge in [-0.2, -0.15) is 0 Å². The first-order valence-corrected chi connectivity index (χ1v) is 6.71. The van der Waals surface area contributed by atoms with Gasteiger partial charge >= 0.3 is 0 Å². The van der Waals surface area contributed by atoms with Crippen LogP contribution in [0.2, 0.25) is 5.02 Å². The van der Waals surface area contributed by atoms with Crippen molar-refractivity contribution in [1.82, 2.24) is 4.57 Å². The molecule has 0 aliphatic rings. The summed E-state index contributed by atoms with van der Waals surface area (Å²) in [6, 6.07) is 7.61. The van der Waals surface area contributed by atoms with Gasteiger partial charge in [0.2, 0.25) is 0 Å². The zero-order valence-electron chi connectivity index (χ0n) is 10.5. The van der Waals surface area contributed by atoms with Crippen LogP contribution in [0.25, 0.3) is 0 Å². The fraction of sp³-hybridized carbons (Fsp3) is 0.143. The highest BCUT2D eigenvalue weighted by atomic mass is 35.5. The normalized spacial score (nSPS) is 10.5. The van der Waals surface area contributed by atoms with Gasteiger partial charge in [-0.1, -0.05) is 23.7 Å². The molecule has 0 fully saturated rings. The topological polar surface area (TPSA) is 45.9 Å². The predicted molar refractivity (Wildman–Crippen MR) is 80.3 cm³/mol. The Morgan fingerprint density at radius 2 is 2.16 bits per heavy atom. The van der Waals surface area contributed by atoms with Crippen molar-refractivity contribution in [1.29, 1.82) is 5.41 Å². The van der Waals surface area contributed by atoms with E-state index in [4.69, 9.17) is 17.0 Å². The predicted octanol–water partition coefficient (Wildman–Crippen LogP) is 2.29. The van der Waals surface area contributed by atoms with E-state index in [9.17, 15) is 4.79 Å². The van der Waals surface area contributed by atoms with Gasteiger partial charge in [-0.05, 0) is 35.5 Å². The number of aldehydes is 1. The minimum Gasteiger partial charge on any atom is -0.327 e. The van der Waals surface area contributed by atoms with Crippen LogP contribution < -0.4 is 10.8 Å². The van der Waals surface area contributed by atoms with Gasteiger partial charge in [0.15, 0.2) is 6.29 Å². The molecule has 1 atom stereocenters. The minimum atomic E-state index is 0.174. The van der Waals surface area contributed by atoms with Gasteiger partial charge in [-0.3, -0.25) is 10.2 Å². The molecule has 0 aliphatic heterocycles. The van der Waals surface area contributed by atoms with Crippen molar-refractivity contribution in [2.45, 2.75) is 13.5 Å². The number of aromatic nitrogens is 1. The molecule has 3 nitrogen and oxygen atoms in total. The maximum atomic E-state index is 10.9. The van der Waals surface area contributed by atoms with Crippen molar-refractivity contribution >= 4 is 32.4 Å². The van der Waals surface area contributed by atoms with Crippen LogP contribution in [0.15, 0.2) is 30.5 Å². The number of nitrogens with zero attached hydrogens (tertiary/aromatic N) is 1. The summed E-state index contributed by atoms with van der Waals surface area (Å²) in [4.78, 5) is 10.9. The standard InChI is InChI=1S/C14H14ClN2OP/c1-9-2-3-13(19)5-10(9)6-17-7-12(15)4-11(8-18)14(17)16/h2-5,7-8,16H,6,19H2,1H3. The fourth-order valence-electron chi connectivity index (χ4n) is 1.89. The van der Waals surface area contributed by atoms with Crippen LogP contribution in [0.3, 0.4) is 0 Å². The van der Waals surface area contributed by atoms with Crippen molar-refractivity contribution in [3.05, 3.63) is 57.7 Å². The lowest BCUT2D eigenvalue weighted by atomic mass is 10.1. The summed E-state index contributed by atoms with van der Waals surface area (Å²) in [7, 11) is 2.65. The molecular weight excluding hydrogens is 279 g/mol. The van der Waals surface area contributed by atoms with Gasteiger partial charge in [0.05, 0.1) is 10.6 Å². The Labute approximate surface area is 118 Å². The highest BCUT2D eigenvalue weighted by molar-refractivity contribution is 7.27. The summed E-state index contributed by atoms with van der Waals surface area (Å²) in [5, 5.41) is 9.53. The largest absolute Gasteiger partial charge is 0.327 e. The average molecular weight is 293 g/mol. The molecule has 1 unspecified atom stereocenters. The molecular formula is C14H14ClN2OP. The van der Waals surface area contributed by atoms with Gasteiger partial charge in [-0.25, -0.2) is 0 Å². The van der Waals surface area contributed by atoms with E-state index in [-0.39, 0.29) is 5.49 Å². The Kier molecular flexibility index (Phi) is 4.18. The quantitative estimate of drug-likeness (QED) is 0.685. The molecule has 2 rings (SSSR count). The lowest BCUT2D eigenvalue weighted by Crippen LogP contribution is -2.24. The van der Waals surface area contributed by atoms with Crippen molar-refractivity contribution in [3.8, 4) is 0 Å². The third-order valence-corrected chi connectivity index (χ3v) is 3.54. The fourth-order valence-corrected chi connectivity index (χ4v) is 2.43. The van der Waals surface area contributed by atoms with Crippen LogP contribution >= 0.6 is 20.8 Å². The van der Waals surface area contributed by atoms with E-state index >= 15 is 0 Å². The second kappa shape index (κ2) is 5.68. The van der Waals surface area contributed by atoms with Gasteiger partial charge in [0.25, 0.3) is 0 Å². The van der Waals surface area contributed by atoms with Crippen LogP contribution in [0.5, 0.6) is 0 Å². The number of hydrogen-bond acceptors (Lipinski definition) is 2. The molecule has 98 valence electrons. The molecule has 1 aromatic heterocycles. The van der Waals surface area contributed by atoms with Gasteiger partial charge in [-0.15, -0.1) is 9.24 Å². The summed E-state index contributed by atoms with van der Waals surface area (Å²) >= 11 is 5.97. The van der Waals surface area contributed by atoms with Crippen molar-refractivity contribution < 1.29 is 4.79 Å². The number of carbonyl (C=O) groups is 1. The van der Waals surface area contributed by atoms with Crippen molar-refractivity contribution in [3.63, 3.8) is 0 Å². The highest BCUT2D eigenvalue weighted by Gasteiger charge is 2.05. The third kappa shape index (κ3) is 3.12. The molecule has 1 heterocycles. The smallest absolute Gasteiger partial charge is 0.153 e. The van der Waals surface area contributed by atoms with Crippen LogP contribution in [0, 0.1) is 12.3 Å². The molecule has 0 saturated heterocycles. The van der Waals surface area contributed by atoms with Crippen LogP contribution in [0.4, 0.5) is 0 Å². The molecule has 0 amide bonds. The van der Waals surface area contributed by atoms with E-state index < -0.39 is 0 Å². The summed E-state index contributed by atoms with van der Waals surface area (Å²) in [6.07, 6.45) is 2.33. The lowest BCUT2D eigenvalue weighted by Gasteiger charge is -2.12. The Balaban J connectivity index is 2.49. The SMILES string of the molecule is Cc1ccc(P)cc1Cn1cc(Cl)cc(C=O)c1=N. The summed E-state index contributed by atoms with van der Waals surface area (Å²) in [5.41, 5.74) is 2.72.